The van der Waals surface area contributed by atoms with E-state index in [2.05, 4.69) is 5.32 Å². The molecule has 0 bridgehead atoms. The highest BCUT2D eigenvalue weighted by Gasteiger charge is 2.40. The van der Waals surface area contributed by atoms with E-state index in [9.17, 15) is 14.4 Å². The molecular weight excluding hydrogens is 344 g/mol. The Bertz CT molecular complexity index is 864. The van der Waals surface area contributed by atoms with Crippen molar-refractivity contribution in [3.05, 3.63) is 58.6 Å². The average Bonchev–Trinajstić information content (AvgIpc) is 2.85. The van der Waals surface area contributed by atoms with Gasteiger partial charge in [0.2, 0.25) is 5.91 Å². The second-order valence-corrected chi connectivity index (χ2v) is 6.14. The van der Waals surface area contributed by atoms with Gasteiger partial charge in [0.05, 0.1) is 17.7 Å². The van der Waals surface area contributed by atoms with Gasteiger partial charge in [-0.05, 0) is 48.9 Å². The zero-order valence-corrected chi connectivity index (χ0v) is 14.1. The van der Waals surface area contributed by atoms with Gasteiger partial charge in [0, 0.05) is 10.7 Å². The third-order valence-electron chi connectivity index (χ3n) is 4.10. The van der Waals surface area contributed by atoms with E-state index in [1.54, 1.807) is 37.3 Å². The van der Waals surface area contributed by atoms with Crippen molar-refractivity contribution in [1.82, 2.24) is 0 Å². The van der Waals surface area contributed by atoms with Crippen LogP contribution in [0.5, 0.6) is 0 Å². The monoisotopic (exact) mass is 358 g/mol. The molecule has 7 heteroatoms. The molecule has 128 valence electrons. The zero-order chi connectivity index (χ0) is 18.1. The fraction of sp³-hybridized carbons (Fsp3) is 0.167. The maximum atomic E-state index is 12.7. The van der Waals surface area contributed by atoms with E-state index in [0.29, 0.717) is 22.0 Å². The van der Waals surface area contributed by atoms with Crippen molar-refractivity contribution in [2.45, 2.75) is 19.4 Å². The van der Waals surface area contributed by atoms with Crippen LogP contribution < -0.4 is 10.2 Å². The molecule has 2 aromatic carbocycles. The topological polar surface area (TPSA) is 86.7 Å². The van der Waals surface area contributed by atoms with E-state index in [1.807, 2.05) is 0 Å². The third kappa shape index (κ3) is 3.21. The number of carboxylic acids is 1. The van der Waals surface area contributed by atoms with Gasteiger partial charge in [-0.3, -0.25) is 9.59 Å². The standard InChI is InChI=1S/C18H15ClN2O4/c1-10-13(19)3-2-4-15(10)21-16(22)9-14(17(21)23)20-12-7-5-11(6-8-12)18(24)25/h2-8,14,20H,9H2,1H3,(H,24,25)/t14-/m1/s1. The first-order chi connectivity index (χ1) is 11.9. The van der Waals surface area contributed by atoms with Gasteiger partial charge in [-0.25, -0.2) is 9.69 Å². The number of anilines is 2. The Morgan fingerprint density at radius 2 is 1.88 bits per heavy atom. The van der Waals surface area contributed by atoms with Crippen molar-refractivity contribution in [2.75, 3.05) is 10.2 Å². The number of nitrogens with one attached hydrogen (secondary N) is 1. The van der Waals surface area contributed by atoms with Crippen molar-refractivity contribution >= 4 is 40.8 Å². The maximum Gasteiger partial charge on any atom is 0.335 e. The van der Waals surface area contributed by atoms with E-state index in [-0.39, 0.29) is 23.8 Å². The van der Waals surface area contributed by atoms with Crippen molar-refractivity contribution < 1.29 is 19.5 Å². The van der Waals surface area contributed by atoms with Gasteiger partial charge in [-0.1, -0.05) is 17.7 Å². The van der Waals surface area contributed by atoms with Crippen LogP contribution in [0.2, 0.25) is 5.02 Å². The summed E-state index contributed by atoms with van der Waals surface area (Å²) in [7, 11) is 0. The molecule has 2 amide bonds. The summed E-state index contributed by atoms with van der Waals surface area (Å²) in [6.07, 6.45) is 0.0193. The van der Waals surface area contributed by atoms with Crippen molar-refractivity contribution in [3.63, 3.8) is 0 Å². The minimum absolute atomic E-state index is 0.0193. The quantitative estimate of drug-likeness (QED) is 0.820. The molecule has 0 saturated carbocycles. The lowest BCUT2D eigenvalue weighted by atomic mass is 10.1. The predicted molar refractivity (Wildman–Crippen MR) is 94.1 cm³/mol. The fourth-order valence-corrected chi connectivity index (χ4v) is 2.92. The summed E-state index contributed by atoms with van der Waals surface area (Å²) in [6.45, 7) is 1.75. The number of rotatable bonds is 4. The van der Waals surface area contributed by atoms with Crippen molar-refractivity contribution in [1.29, 1.82) is 0 Å². The SMILES string of the molecule is Cc1c(Cl)cccc1N1C(=O)C[C@@H](Nc2ccc(C(=O)O)cc2)C1=O. The molecule has 0 aliphatic carbocycles. The summed E-state index contributed by atoms with van der Waals surface area (Å²) in [6, 6.07) is 10.4. The van der Waals surface area contributed by atoms with Crippen LogP contribution in [0.1, 0.15) is 22.3 Å². The molecule has 25 heavy (non-hydrogen) atoms. The largest absolute Gasteiger partial charge is 0.478 e. The van der Waals surface area contributed by atoms with E-state index < -0.39 is 12.0 Å². The molecule has 3 rings (SSSR count). The molecular formula is C18H15ClN2O4. The van der Waals surface area contributed by atoms with Crippen LogP contribution in [0, 0.1) is 6.92 Å². The Morgan fingerprint density at radius 3 is 2.52 bits per heavy atom. The highest BCUT2D eigenvalue weighted by atomic mass is 35.5. The number of carbonyl (C=O) groups is 3. The molecule has 1 aliphatic rings. The van der Waals surface area contributed by atoms with E-state index in [1.165, 1.54) is 12.1 Å². The summed E-state index contributed by atoms with van der Waals surface area (Å²) in [5.41, 5.74) is 1.86. The Hall–Kier alpha value is -2.86. The lowest BCUT2D eigenvalue weighted by molar-refractivity contribution is -0.121. The number of imide groups is 1. The van der Waals surface area contributed by atoms with Gasteiger partial charge in [0.15, 0.2) is 0 Å². The Balaban J connectivity index is 1.81. The number of halogens is 1. The summed E-state index contributed by atoms with van der Waals surface area (Å²) < 4.78 is 0. The minimum Gasteiger partial charge on any atom is -0.478 e. The Kier molecular flexibility index (Phi) is 4.46. The van der Waals surface area contributed by atoms with Crippen molar-refractivity contribution in [2.24, 2.45) is 0 Å². The lowest BCUT2D eigenvalue weighted by Gasteiger charge is -2.18. The highest BCUT2D eigenvalue weighted by molar-refractivity contribution is 6.32. The summed E-state index contributed by atoms with van der Waals surface area (Å²) in [5.74, 6) is -1.70. The fourth-order valence-electron chi connectivity index (χ4n) is 2.75. The van der Waals surface area contributed by atoms with Gasteiger partial charge < -0.3 is 10.4 Å². The number of carbonyl (C=O) groups excluding carboxylic acids is 2. The average molecular weight is 359 g/mol. The molecule has 6 nitrogen and oxygen atoms in total. The first kappa shape index (κ1) is 17.0. The van der Waals surface area contributed by atoms with Crippen molar-refractivity contribution in [3.8, 4) is 0 Å². The molecule has 1 atom stereocenters. The number of benzene rings is 2. The summed E-state index contributed by atoms with van der Waals surface area (Å²) in [5, 5.41) is 12.4. The number of hydrogen-bond acceptors (Lipinski definition) is 4. The maximum absolute atomic E-state index is 12.7. The smallest absolute Gasteiger partial charge is 0.335 e. The van der Waals surface area contributed by atoms with Crippen LogP contribution >= 0.6 is 11.6 Å². The highest BCUT2D eigenvalue weighted by Crippen LogP contribution is 2.31. The minimum atomic E-state index is -1.03. The Morgan fingerprint density at radius 1 is 1.20 bits per heavy atom. The molecule has 0 unspecified atom stereocenters. The summed E-state index contributed by atoms with van der Waals surface area (Å²) >= 11 is 6.08. The van der Waals surface area contributed by atoms with Gasteiger partial charge in [-0.15, -0.1) is 0 Å². The number of nitrogens with zero attached hydrogens (tertiary/aromatic N) is 1. The molecule has 0 aromatic heterocycles. The third-order valence-corrected chi connectivity index (χ3v) is 4.51. The van der Waals surface area contributed by atoms with Crippen LogP contribution in [0.25, 0.3) is 0 Å². The lowest BCUT2D eigenvalue weighted by Crippen LogP contribution is -2.35. The van der Waals surface area contributed by atoms with Crippen LogP contribution in [0.3, 0.4) is 0 Å². The van der Waals surface area contributed by atoms with Gasteiger partial charge >= 0.3 is 5.97 Å². The van der Waals surface area contributed by atoms with Gasteiger partial charge in [0.25, 0.3) is 5.91 Å². The van der Waals surface area contributed by atoms with Crippen LogP contribution in [-0.2, 0) is 9.59 Å². The summed E-state index contributed by atoms with van der Waals surface area (Å²) in [4.78, 5) is 37.0. The van der Waals surface area contributed by atoms with Gasteiger partial charge in [-0.2, -0.15) is 0 Å². The Labute approximate surface area is 149 Å². The van der Waals surface area contributed by atoms with Crippen LogP contribution in [0.15, 0.2) is 42.5 Å². The second-order valence-electron chi connectivity index (χ2n) is 5.73. The molecule has 1 aliphatic heterocycles. The normalized spacial score (nSPS) is 17.0. The number of aromatic carboxylic acids is 1. The molecule has 1 saturated heterocycles. The molecule has 1 heterocycles. The number of carboxylic acid groups (broad SMARTS) is 1. The van der Waals surface area contributed by atoms with Crippen LogP contribution in [0.4, 0.5) is 11.4 Å². The van der Waals surface area contributed by atoms with E-state index >= 15 is 0 Å². The number of amides is 2. The first-order valence-corrected chi connectivity index (χ1v) is 7.98. The first-order valence-electron chi connectivity index (χ1n) is 7.60. The number of hydrogen-bond donors (Lipinski definition) is 2. The van der Waals surface area contributed by atoms with Crippen LogP contribution in [-0.4, -0.2) is 28.9 Å². The molecule has 0 spiro atoms. The molecule has 2 aromatic rings. The second kappa shape index (κ2) is 6.57. The predicted octanol–water partition coefficient (Wildman–Crippen LogP) is 3.09. The zero-order valence-electron chi connectivity index (χ0n) is 13.3. The van der Waals surface area contributed by atoms with E-state index in [4.69, 9.17) is 16.7 Å². The van der Waals surface area contributed by atoms with E-state index in [0.717, 1.165) is 4.90 Å². The molecule has 1 fully saturated rings. The molecule has 0 radical (unpaired) electrons. The molecule has 2 N–H and O–H groups in total. The van der Waals surface area contributed by atoms with Gasteiger partial charge in [0.1, 0.15) is 6.04 Å².